The van der Waals surface area contributed by atoms with Crippen LogP contribution in [0.3, 0.4) is 0 Å². The summed E-state index contributed by atoms with van der Waals surface area (Å²) in [5.41, 5.74) is 0.535. The van der Waals surface area contributed by atoms with Gasteiger partial charge in [0.15, 0.2) is 0 Å². The summed E-state index contributed by atoms with van der Waals surface area (Å²) < 4.78 is 61.1. The van der Waals surface area contributed by atoms with Gasteiger partial charge in [0.25, 0.3) is 20.0 Å². The molecule has 0 saturated carbocycles. The van der Waals surface area contributed by atoms with Crippen LogP contribution in [-0.2, 0) is 20.0 Å². The second-order valence-electron chi connectivity index (χ2n) is 6.04. The fourth-order valence-electron chi connectivity index (χ4n) is 2.49. The number of nitrogens with one attached hydrogen (secondary N) is 2. The number of rotatable bonds is 7. The average Bonchev–Trinajstić information content (AvgIpc) is 2.70. The maximum atomic E-state index is 12.9. The molecule has 0 bridgehead atoms. The highest BCUT2D eigenvalue weighted by Crippen LogP contribution is 2.30. The van der Waals surface area contributed by atoms with Crippen LogP contribution in [0.25, 0.3) is 0 Å². The smallest absolute Gasteiger partial charge is 0.265 e. The Morgan fingerprint density at radius 1 is 0.700 bits per heavy atom. The van der Waals surface area contributed by atoms with Crippen molar-refractivity contribution in [1.82, 2.24) is 0 Å². The third-order valence-electron chi connectivity index (χ3n) is 3.93. The normalized spacial score (nSPS) is 11.7. The van der Waals surface area contributed by atoms with Gasteiger partial charge in [0, 0.05) is 21.4 Å². The Labute approximate surface area is 184 Å². The zero-order chi connectivity index (χ0) is 21.9. The molecule has 0 unspecified atom stereocenters. The Morgan fingerprint density at radius 3 is 1.63 bits per heavy atom. The maximum absolute atomic E-state index is 12.9. The van der Waals surface area contributed by atoms with E-state index in [9.17, 15) is 16.8 Å². The van der Waals surface area contributed by atoms with Crippen LogP contribution in [0.5, 0.6) is 5.75 Å². The molecule has 2 N–H and O–H groups in total. The zero-order valence-electron chi connectivity index (χ0n) is 15.5. The molecule has 7 nitrogen and oxygen atoms in total. The number of sulfonamides is 2. The van der Waals surface area contributed by atoms with Crippen molar-refractivity contribution in [1.29, 1.82) is 0 Å². The van der Waals surface area contributed by atoms with Crippen LogP contribution in [0.1, 0.15) is 0 Å². The third-order valence-corrected chi connectivity index (χ3v) is 7.21. The first-order valence-electron chi connectivity index (χ1n) is 8.35. The molecular weight excluding hydrogens is 471 g/mol. The monoisotopic (exact) mass is 486 g/mol. The molecule has 0 atom stereocenters. The molecule has 158 valence electrons. The highest BCUT2D eigenvalue weighted by atomic mass is 35.5. The first-order valence-corrected chi connectivity index (χ1v) is 12.1. The van der Waals surface area contributed by atoms with E-state index in [4.69, 9.17) is 27.9 Å². The van der Waals surface area contributed by atoms with Gasteiger partial charge in [-0.2, -0.15) is 0 Å². The van der Waals surface area contributed by atoms with Crippen LogP contribution in [-0.4, -0.2) is 23.9 Å². The van der Waals surface area contributed by atoms with Crippen LogP contribution in [0, 0.1) is 0 Å². The Morgan fingerprint density at radius 2 is 1.17 bits per heavy atom. The minimum atomic E-state index is -4.16. The van der Waals surface area contributed by atoms with Gasteiger partial charge < -0.3 is 4.74 Å². The van der Waals surface area contributed by atoms with Gasteiger partial charge in [-0.15, -0.1) is 0 Å². The van der Waals surface area contributed by atoms with Crippen molar-refractivity contribution in [2.45, 2.75) is 9.79 Å². The predicted octanol–water partition coefficient (Wildman–Crippen LogP) is 4.60. The van der Waals surface area contributed by atoms with E-state index >= 15 is 0 Å². The number of hydrogen-bond acceptors (Lipinski definition) is 5. The quantitative estimate of drug-likeness (QED) is 0.507. The molecule has 0 aliphatic carbocycles. The number of benzene rings is 3. The molecule has 0 fully saturated rings. The Bertz CT molecular complexity index is 1260. The van der Waals surface area contributed by atoms with Gasteiger partial charge in [-0.05, 0) is 66.7 Å². The molecule has 0 aliphatic heterocycles. The largest absolute Gasteiger partial charge is 0.495 e. The van der Waals surface area contributed by atoms with Gasteiger partial charge in [0.1, 0.15) is 10.6 Å². The van der Waals surface area contributed by atoms with E-state index in [1.54, 1.807) is 0 Å². The van der Waals surface area contributed by atoms with Crippen LogP contribution < -0.4 is 14.2 Å². The summed E-state index contributed by atoms with van der Waals surface area (Å²) in [4.78, 5) is -0.589. The second-order valence-corrected chi connectivity index (χ2v) is 10.2. The van der Waals surface area contributed by atoms with Gasteiger partial charge in [0.05, 0.1) is 12.0 Å². The van der Waals surface area contributed by atoms with Crippen LogP contribution in [0.2, 0.25) is 10.0 Å². The van der Waals surface area contributed by atoms with Crippen molar-refractivity contribution in [2.24, 2.45) is 0 Å². The van der Waals surface area contributed by atoms with E-state index in [1.165, 1.54) is 67.8 Å². The number of halogens is 2. The fourth-order valence-corrected chi connectivity index (χ4v) is 5.16. The van der Waals surface area contributed by atoms with Crippen LogP contribution in [0.4, 0.5) is 11.4 Å². The lowest BCUT2D eigenvalue weighted by Crippen LogP contribution is -2.17. The molecule has 0 radical (unpaired) electrons. The Kier molecular flexibility index (Phi) is 6.47. The average molecular weight is 487 g/mol. The van der Waals surface area contributed by atoms with Crippen molar-refractivity contribution in [3.63, 3.8) is 0 Å². The second kappa shape index (κ2) is 8.73. The number of methoxy groups -OCH3 is 1. The molecule has 0 heterocycles. The summed E-state index contributed by atoms with van der Waals surface area (Å²) in [7, 11) is -6.94. The van der Waals surface area contributed by atoms with Gasteiger partial charge in [-0.1, -0.05) is 23.2 Å². The number of anilines is 2. The van der Waals surface area contributed by atoms with Gasteiger partial charge in [-0.3, -0.25) is 9.44 Å². The molecule has 3 aromatic carbocycles. The summed E-state index contributed by atoms with van der Waals surface area (Å²) in [5.74, 6) is -0.0121. The maximum Gasteiger partial charge on any atom is 0.265 e. The molecule has 0 spiro atoms. The summed E-state index contributed by atoms with van der Waals surface area (Å²) in [5, 5.41) is 0.890. The lowest BCUT2D eigenvalue weighted by Gasteiger charge is -2.14. The summed E-state index contributed by atoms with van der Waals surface area (Å²) in [6.07, 6.45) is 0. The fraction of sp³-hybridized carbons (Fsp3) is 0.0526. The van der Waals surface area contributed by atoms with Gasteiger partial charge in [-0.25, -0.2) is 16.8 Å². The Hall–Kier alpha value is -2.46. The number of ether oxygens (including phenoxy) is 1. The topological polar surface area (TPSA) is 102 Å². The predicted molar refractivity (Wildman–Crippen MR) is 118 cm³/mol. The SMILES string of the molecule is COc1ccc(S(=O)(=O)Nc2ccc(Cl)cc2)cc1S(=O)(=O)Nc1ccc(Cl)cc1. The van der Waals surface area contributed by atoms with Gasteiger partial charge in [0.2, 0.25) is 0 Å². The van der Waals surface area contributed by atoms with Crippen molar-refractivity contribution in [3.05, 3.63) is 76.8 Å². The van der Waals surface area contributed by atoms with E-state index in [-0.39, 0.29) is 26.9 Å². The minimum absolute atomic E-state index is 0.0121. The summed E-state index contributed by atoms with van der Waals surface area (Å²) in [6.45, 7) is 0. The van der Waals surface area contributed by atoms with Crippen molar-refractivity contribution < 1.29 is 21.6 Å². The molecule has 3 aromatic rings. The molecule has 11 heteroatoms. The lowest BCUT2D eigenvalue weighted by atomic mass is 10.3. The van der Waals surface area contributed by atoms with Crippen LogP contribution >= 0.6 is 23.2 Å². The van der Waals surface area contributed by atoms with Crippen molar-refractivity contribution in [3.8, 4) is 5.75 Å². The van der Waals surface area contributed by atoms with Crippen LogP contribution in [0.15, 0.2) is 76.5 Å². The highest BCUT2D eigenvalue weighted by molar-refractivity contribution is 7.93. The summed E-state index contributed by atoms with van der Waals surface area (Å²) in [6, 6.07) is 15.6. The van der Waals surface area contributed by atoms with E-state index in [0.717, 1.165) is 6.07 Å². The lowest BCUT2D eigenvalue weighted by molar-refractivity contribution is 0.402. The third kappa shape index (κ3) is 5.17. The first-order chi connectivity index (χ1) is 14.1. The molecular formula is C19H16Cl2N2O5S2. The Balaban J connectivity index is 1.98. The van der Waals surface area contributed by atoms with Crippen molar-refractivity contribution in [2.75, 3.05) is 16.6 Å². The van der Waals surface area contributed by atoms with Crippen molar-refractivity contribution >= 4 is 54.6 Å². The molecule has 0 saturated heterocycles. The zero-order valence-corrected chi connectivity index (χ0v) is 18.6. The summed E-state index contributed by atoms with van der Waals surface area (Å²) >= 11 is 11.6. The molecule has 3 rings (SSSR count). The van der Waals surface area contributed by atoms with Gasteiger partial charge >= 0.3 is 0 Å². The van der Waals surface area contributed by atoms with E-state index in [1.807, 2.05) is 0 Å². The van der Waals surface area contributed by atoms with E-state index in [0.29, 0.717) is 10.0 Å². The number of hydrogen-bond donors (Lipinski definition) is 2. The van der Waals surface area contributed by atoms with E-state index in [2.05, 4.69) is 9.44 Å². The molecule has 0 aromatic heterocycles. The standard InChI is InChI=1S/C19H16Cl2N2O5S2/c1-28-18-11-10-17(29(24,25)22-15-6-2-13(20)3-7-15)12-19(18)30(26,27)23-16-8-4-14(21)5-9-16/h2-12,22-23H,1H3. The molecule has 0 aliphatic rings. The molecule has 0 amide bonds. The molecule has 30 heavy (non-hydrogen) atoms. The first kappa shape index (κ1) is 22.2. The van der Waals surface area contributed by atoms with E-state index < -0.39 is 20.0 Å². The highest BCUT2D eigenvalue weighted by Gasteiger charge is 2.24. The minimum Gasteiger partial charge on any atom is -0.495 e.